The fourth-order valence-corrected chi connectivity index (χ4v) is 4.14. The van der Waals surface area contributed by atoms with Crippen molar-refractivity contribution >= 4 is 23.7 Å². The Hall–Kier alpha value is -3.75. The third-order valence-electron chi connectivity index (χ3n) is 5.56. The van der Waals surface area contributed by atoms with Gasteiger partial charge in [0.05, 0.1) is 13.2 Å². The molecule has 182 valence electrons. The van der Waals surface area contributed by atoms with Crippen LogP contribution in [0.25, 0.3) is 0 Å². The van der Waals surface area contributed by atoms with Crippen LogP contribution in [0.3, 0.4) is 0 Å². The molecule has 0 radical (unpaired) electrons. The topological polar surface area (TPSA) is 94.5 Å². The van der Waals surface area contributed by atoms with Gasteiger partial charge in [0, 0.05) is 17.1 Å². The zero-order chi connectivity index (χ0) is 24.8. The molecule has 3 aromatic carbocycles. The largest absolute Gasteiger partial charge is 0.528 e. The summed E-state index contributed by atoms with van der Waals surface area (Å²) in [5, 5.41) is 11.0. The molecule has 0 aromatic heterocycles. The van der Waals surface area contributed by atoms with Gasteiger partial charge in [-0.15, -0.1) is 5.06 Å². The van der Waals surface area contributed by atoms with E-state index in [1.165, 1.54) is 5.06 Å². The molecule has 0 fully saturated rings. The summed E-state index contributed by atoms with van der Waals surface area (Å²) in [6.07, 6.45) is -0.218. The number of ether oxygens (including phenoxy) is 3. The van der Waals surface area contributed by atoms with E-state index in [0.29, 0.717) is 35.1 Å². The van der Waals surface area contributed by atoms with Crippen molar-refractivity contribution in [1.29, 1.82) is 0 Å². The standard InChI is InChI=1S/C26H24ClNO7/c1-32-20-9-6-17(7-10-20)15-34-26(31)35-28-13-12-18-4-2-3-5-21(18)25(28)22-14-19(27)8-11-23(22)33-16-24(29)30/h2-11,14,25H,12-13,15-16H2,1H3,(H,29,30). The number of carboxylic acids is 1. The number of nitrogens with zero attached hydrogens (tertiary/aromatic N) is 1. The number of halogens is 1. The van der Waals surface area contributed by atoms with Crippen molar-refractivity contribution in [3.05, 3.63) is 94.0 Å². The Morgan fingerprint density at radius 1 is 1.06 bits per heavy atom. The van der Waals surface area contributed by atoms with Gasteiger partial charge in [-0.2, -0.15) is 0 Å². The molecule has 9 heteroatoms. The number of fused-ring (bicyclic) bond motifs is 1. The molecule has 1 unspecified atom stereocenters. The third-order valence-corrected chi connectivity index (χ3v) is 5.80. The molecule has 3 aromatic rings. The highest BCUT2D eigenvalue weighted by Crippen LogP contribution is 2.40. The highest BCUT2D eigenvalue weighted by Gasteiger charge is 2.34. The van der Waals surface area contributed by atoms with Gasteiger partial charge in [-0.25, -0.2) is 9.59 Å². The summed E-state index contributed by atoms with van der Waals surface area (Å²) in [4.78, 5) is 29.4. The molecule has 1 aliphatic rings. The molecule has 0 saturated carbocycles. The lowest BCUT2D eigenvalue weighted by Gasteiger charge is -2.36. The van der Waals surface area contributed by atoms with E-state index < -0.39 is 24.8 Å². The molecular formula is C26H24ClNO7. The molecule has 4 rings (SSSR count). The first-order chi connectivity index (χ1) is 16.9. The van der Waals surface area contributed by atoms with Crippen molar-refractivity contribution in [3.63, 3.8) is 0 Å². The third kappa shape index (κ3) is 6.03. The summed E-state index contributed by atoms with van der Waals surface area (Å²) in [5.74, 6) is -0.0718. The predicted molar refractivity (Wildman–Crippen MR) is 128 cm³/mol. The monoisotopic (exact) mass is 497 g/mol. The van der Waals surface area contributed by atoms with Gasteiger partial charge in [-0.3, -0.25) is 0 Å². The first-order valence-electron chi connectivity index (χ1n) is 10.9. The molecule has 0 saturated heterocycles. The van der Waals surface area contributed by atoms with Crippen molar-refractivity contribution in [2.24, 2.45) is 0 Å². The van der Waals surface area contributed by atoms with Crippen LogP contribution in [0.5, 0.6) is 11.5 Å². The van der Waals surface area contributed by atoms with Gasteiger partial charge in [0.15, 0.2) is 6.61 Å². The van der Waals surface area contributed by atoms with Gasteiger partial charge in [0.25, 0.3) is 0 Å². The molecule has 35 heavy (non-hydrogen) atoms. The first kappa shape index (κ1) is 24.4. The molecule has 1 aliphatic heterocycles. The number of benzene rings is 3. The Morgan fingerprint density at radius 3 is 2.57 bits per heavy atom. The Kier molecular flexibility index (Phi) is 7.74. The highest BCUT2D eigenvalue weighted by atomic mass is 35.5. The number of rotatable bonds is 8. The number of hydroxylamine groups is 2. The highest BCUT2D eigenvalue weighted by molar-refractivity contribution is 6.30. The van der Waals surface area contributed by atoms with Crippen LogP contribution in [0.1, 0.15) is 28.3 Å². The van der Waals surface area contributed by atoms with Gasteiger partial charge in [0.2, 0.25) is 0 Å². The first-order valence-corrected chi connectivity index (χ1v) is 11.3. The molecule has 0 aliphatic carbocycles. The minimum Gasteiger partial charge on any atom is -0.497 e. The maximum atomic E-state index is 12.6. The normalized spacial score (nSPS) is 15.1. The quantitative estimate of drug-likeness (QED) is 0.433. The number of carboxylic acid groups (broad SMARTS) is 1. The lowest BCUT2D eigenvalue weighted by Crippen LogP contribution is -2.38. The van der Waals surface area contributed by atoms with Gasteiger partial charge >= 0.3 is 12.1 Å². The van der Waals surface area contributed by atoms with Gasteiger partial charge in [-0.1, -0.05) is 48.0 Å². The lowest BCUT2D eigenvalue weighted by molar-refractivity contribution is -0.152. The van der Waals surface area contributed by atoms with Crippen molar-refractivity contribution in [2.75, 3.05) is 20.3 Å². The minimum atomic E-state index is -1.11. The van der Waals surface area contributed by atoms with Crippen LogP contribution in [-0.4, -0.2) is 42.6 Å². The summed E-state index contributed by atoms with van der Waals surface area (Å²) in [6, 6.07) is 19.2. The van der Waals surface area contributed by atoms with Crippen LogP contribution in [0.15, 0.2) is 66.7 Å². The predicted octanol–water partition coefficient (Wildman–Crippen LogP) is 5.03. The molecule has 0 amide bonds. The fraction of sp³-hybridized carbons (Fsp3) is 0.231. The Balaban J connectivity index is 1.57. The van der Waals surface area contributed by atoms with Crippen molar-refractivity contribution < 1.29 is 33.7 Å². The minimum absolute atomic E-state index is 0.0298. The van der Waals surface area contributed by atoms with Crippen molar-refractivity contribution in [2.45, 2.75) is 19.1 Å². The SMILES string of the molecule is COc1ccc(COC(=O)ON2CCc3ccccc3C2c2cc(Cl)ccc2OCC(=O)O)cc1. The Labute approximate surface area is 207 Å². The van der Waals surface area contributed by atoms with Crippen LogP contribution in [-0.2, 0) is 27.4 Å². The van der Waals surface area contributed by atoms with E-state index in [2.05, 4.69) is 0 Å². The zero-order valence-corrected chi connectivity index (χ0v) is 19.7. The maximum absolute atomic E-state index is 12.6. The summed E-state index contributed by atoms with van der Waals surface area (Å²) in [7, 11) is 1.58. The fourth-order valence-electron chi connectivity index (χ4n) is 3.95. The van der Waals surface area contributed by atoms with Crippen molar-refractivity contribution in [1.82, 2.24) is 5.06 Å². The van der Waals surface area contributed by atoms with E-state index in [1.807, 2.05) is 24.3 Å². The molecule has 1 heterocycles. The van der Waals surface area contributed by atoms with E-state index in [-0.39, 0.29) is 6.61 Å². The van der Waals surface area contributed by atoms with E-state index in [0.717, 1.165) is 16.7 Å². The number of aliphatic carboxylic acids is 1. The van der Waals surface area contributed by atoms with Gasteiger partial charge in [-0.05, 0) is 53.4 Å². The lowest BCUT2D eigenvalue weighted by atomic mass is 9.89. The van der Waals surface area contributed by atoms with E-state index in [9.17, 15) is 9.59 Å². The second-order valence-corrected chi connectivity index (χ2v) is 8.27. The van der Waals surface area contributed by atoms with E-state index in [4.69, 9.17) is 35.8 Å². The molecular weight excluding hydrogens is 474 g/mol. The second-order valence-electron chi connectivity index (χ2n) is 7.83. The number of hydrogen-bond donors (Lipinski definition) is 1. The zero-order valence-electron chi connectivity index (χ0n) is 19.0. The average molecular weight is 498 g/mol. The number of carbonyl (C=O) groups is 2. The molecule has 0 spiro atoms. The summed E-state index contributed by atoms with van der Waals surface area (Å²) in [5.41, 5.74) is 3.33. The maximum Gasteiger partial charge on any atom is 0.528 e. The van der Waals surface area contributed by atoms with Crippen LogP contribution in [0, 0.1) is 0 Å². The van der Waals surface area contributed by atoms with Crippen LogP contribution >= 0.6 is 11.6 Å². The van der Waals surface area contributed by atoms with Gasteiger partial charge in [0.1, 0.15) is 18.1 Å². The summed E-state index contributed by atoms with van der Waals surface area (Å²) in [6.45, 7) is -0.0972. The smallest absolute Gasteiger partial charge is 0.497 e. The number of methoxy groups -OCH3 is 1. The van der Waals surface area contributed by atoms with Crippen molar-refractivity contribution in [3.8, 4) is 11.5 Å². The molecule has 8 nitrogen and oxygen atoms in total. The molecule has 1 N–H and O–H groups in total. The average Bonchev–Trinajstić information content (AvgIpc) is 2.87. The Morgan fingerprint density at radius 2 is 1.83 bits per heavy atom. The molecule has 1 atom stereocenters. The number of hydrogen-bond acceptors (Lipinski definition) is 7. The summed E-state index contributed by atoms with van der Waals surface area (Å²) < 4.78 is 16.0. The Bertz CT molecular complexity index is 1200. The van der Waals surface area contributed by atoms with E-state index >= 15 is 0 Å². The number of carbonyl (C=O) groups excluding carboxylic acids is 1. The van der Waals surface area contributed by atoms with Crippen LogP contribution in [0.2, 0.25) is 5.02 Å². The van der Waals surface area contributed by atoms with Crippen LogP contribution < -0.4 is 9.47 Å². The summed E-state index contributed by atoms with van der Waals surface area (Å²) >= 11 is 6.29. The molecule has 0 bridgehead atoms. The second kappa shape index (κ2) is 11.1. The van der Waals surface area contributed by atoms with Crippen LogP contribution in [0.4, 0.5) is 4.79 Å². The van der Waals surface area contributed by atoms with Gasteiger partial charge < -0.3 is 24.2 Å². The van der Waals surface area contributed by atoms with E-state index in [1.54, 1.807) is 49.6 Å².